The van der Waals surface area contributed by atoms with Gasteiger partial charge in [0, 0.05) is 12.1 Å². The minimum atomic E-state index is -2.54. The van der Waals surface area contributed by atoms with Gasteiger partial charge in [0.25, 0.3) is 6.43 Å². The summed E-state index contributed by atoms with van der Waals surface area (Å²) in [5.74, 6) is 0. The van der Waals surface area contributed by atoms with Gasteiger partial charge in [0.05, 0.1) is 12.1 Å². The molecule has 3 nitrogen and oxygen atoms in total. The smallest absolute Gasteiger partial charge is 0.263 e. The molecule has 0 amide bonds. The molecule has 0 aromatic heterocycles. The Hall–Kier alpha value is -2.89. The van der Waals surface area contributed by atoms with E-state index in [-0.39, 0.29) is 5.56 Å². The molecule has 1 fully saturated rings. The summed E-state index contributed by atoms with van der Waals surface area (Å²) in [5, 5.41) is 0. The Morgan fingerprint density at radius 3 is 1.86 bits per heavy atom. The van der Waals surface area contributed by atoms with Crippen molar-refractivity contribution in [2.45, 2.75) is 18.2 Å². The molecular formula is C24H21F2NO2. The highest BCUT2D eigenvalue weighted by Crippen LogP contribution is 2.44. The van der Waals surface area contributed by atoms with E-state index in [1.54, 1.807) is 12.1 Å². The second-order valence-corrected chi connectivity index (χ2v) is 6.96. The standard InChI is InChI=1S/C24H21F2NO2/c25-23(26)18-11-13-21(14-12-18)24(19-7-3-1-4-8-19,20-9-5-2-6-10-20)27-15-16-29-22(27)17-28/h1-14,17,22-23H,15-16H2. The molecule has 1 heterocycles. The van der Waals surface area contributed by atoms with E-state index in [1.807, 2.05) is 65.6 Å². The number of nitrogens with zero attached hydrogens (tertiary/aromatic N) is 1. The van der Waals surface area contributed by atoms with Crippen LogP contribution in [0.3, 0.4) is 0 Å². The van der Waals surface area contributed by atoms with E-state index in [4.69, 9.17) is 4.74 Å². The first-order valence-corrected chi connectivity index (χ1v) is 9.51. The fraction of sp³-hybridized carbons (Fsp3) is 0.208. The first kappa shape index (κ1) is 19.4. The molecule has 1 aliphatic rings. The van der Waals surface area contributed by atoms with Gasteiger partial charge in [0.2, 0.25) is 0 Å². The molecular weight excluding hydrogens is 372 g/mol. The molecule has 0 aliphatic carbocycles. The molecule has 3 aromatic carbocycles. The van der Waals surface area contributed by atoms with Crippen LogP contribution in [0, 0.1) is 0 Å². The van der Waals surface area contributed by atoms with Crippen LogP contribution in [-0.4, -0.2) is 30.6 Å². The number of halogens is 2. The molecule has 0 spiro atoms. The number of hydrogen-bond donors (Lipinski definition) is 0. The molecule has 0 N–H and O–H groups in total. The van der Waals surface area contributed by atoms with Crippen molar-refractivity contribution in [2.24, 2.45) is 0 Å². The number of rotatable bonds is 6. The maximum Gasteiger partial charge on any atom is 0.263 e. The van der Waals surface area contributed by atoms with Crippen molar-refractivity contribution in [1.82, 2.24) is 4.90 Å². The third kappa shape index (κ3) is 3.37. The number of benzene rings is 3. The van der Waals surface area contributed by atoms with Gasteiger partial charge >= 0.3 is 0 Å². The maximum atomic E-state index is 13.2. The monoisotopic (exact) mass is 393 g/mol. The normalized spacial score (nSPS) is 17.6. The summed E-state index contributed by atoms with van der Waals surface area (Å²) in [6.07, 6.45) is -2.48. The van der Waals surface area contributed by atoms with Gasteiger partial charge in [-0.2, -0.15) is 0 Å². The van der Waals surface area contributed by atoms with Crippen LogP contribution in [0.1, 0.15) is 28.7 Å². The first-order valence-electron chi connectivity index (χ1n) is 9.51. The quantitative estimate of drug-likeness (QED) is 0.446. The first-order chi connectivity index (χ1) is 14.2. The second kappa shape index (κ2) is 8.23. The van der Waals surface area contributed by atoms with Crippen molar-refractivity contribution >= 4 is 6.29 Å². The molecule has 4 rings (SSSR count). The van der Waals surface area contributed by atoms with Gasteiger partial charge in [-0.25, -0.2) is 8.78 Å². The molecule has 0 bridgehead atoms. The molecule has 1 unspecified atom stereocenters. The van der Waals surface area contributed by atoms with E-state index in [2.05, 4.69) is 0 Å². The van der Waals surface area contributed by atoms with E-state index < -0.39 is 18.2 Å². The lowest BCUT2D eigenvalue weighted by molar-refractivity contribution is -0.124. The van der Waals surface area contributed by atoms with Crippen molar-refractivity contribution in [1.29, 1.82) is 0 Å². The number of aldehydes is 1. The van der Waals surface area contributed by atoms with Crippen LogP contribution < -0.4 is 0 Å². The molecule has 1 aliphatic heterocycles. The van der Waals surface area contributed by atoms with Gasteiger partial charge in [-0.1, -0.05) is 84.9 Å². The lowest BCUT2D eigenvalue weighted by atomic mass is 9.75. The summed E-state index contributed by atoms with van der Waals surface area (Å²) in [4.78, 5) is 13.8. The highest BCUT2D eigenvalue weighted by molar-refractivity contribution is 5.59. The molecule has 1 saturated heterocycles. The van der Waals surface area contributed by atoms with Crippen LogP contribution >= 0.6 is 0 Å². The highest BCUT2D eigenvalue weighted by Gasteiger charge is 2.47. The van der Waals surface area contributed by atoms with Crippen LogP contribution in [0.25, 0.3) is 0 Å². The zero-order chi connectivity index (χ0) is 20.3. The van der Waals surface area contributed by atoms with Crippen LogP contribution in [0.4, 0.5) is 8.78 Å². The second-order valence-electron chi connectivity index (χ2n) is 6.96. The summed E-state index contributed by atoms with van der Waals surface area (Å²) in [6.45, 7) is 0.948. The Kier molecular flexibility index (Phi) is 5.51. The van der Waals surface area contributed by atoms with Gasteiger partial charge in [-0.05, 0) is 16.7 Å². The van der Waals surface area contributed by atoms with Crippen LogP contribution in [-0.2, 0) is 15.1 Å². The van der Waals surface area contributed by atoms with Crippen molar-refractivity contribution in [3.63, 3.8) is 0 Å². The molecule has 0 radical (unpaired) electrons. The van der Waals surface area contributed by atoms with E-state index in [9.17, 15) is 13.6 Å². The molecule has 1 atom stereocenters. The molecule has 0 saturated carbocycles. The predicted octanol–water partition coefficient (Wildman–Crippen LogP) is 4.77. The lowest BCUT2D eigenvalue weighted by Crippen LogP contribution is -2.51. The number of hydrogen-bond acceptors (Lipinski definition) is 3. The Morgan fingerprint density at radius 1 is 0.862 bits per heavy atom. The third-order valence-corrected chi connectivity index (χ3v) is 5.44. The molecule has 3 aromatic rings. The van der Waals surface area contributed by atoms with Gasteiger partial charge in [0.1, 0.15) is 0 Å². The lowest BCUT2D eigenvalue weighted by Gasteiger charge is -2.44. The number of ether oxygens (including phenoxy) is 1. The van der Waals surface area contributed by atoms with Crippen LogP contribution in [0.15, 0.2) is 84.9 Å². The van der Waals surface area contributed by atoms with Gasteiger partial charge in [-0.15, -0.1) is 0 Å². The minimum Gasteiger partial charge on any atom is -0.355 e. The van der Waals surface area contributed by atoms with Crippen LogP contribution in [0.2, 0.25) is 0 Å². The Morgan fingerprint density at radius 2 is 1.38 bits per heavy atom. The van der Waals surface area contributed by atoms with E-state index >= 15 is 0 Å². The largest absolute Gasteiger partial charge is 0.355 e. The Labute approximate surface area is 168 Å². The molecule has 5 heteroatoms. The molecule has 29 heavy (non-hydrogen) atoms. The topological polar surface area (TPSA) is 29.5 Å². The molecule has 148 valence electrons. The zero-order valence-electron chi connectivity index (χ0n) is 15.7. The summed E-state index contributed by atoms with van der Waals surface area (Å²) in [6, 6.07) is 25.9. The van der Waals surface area contributed by atoms with Crippen molar-refractivity contribution in [3.8, 4) is 0 Å². The van der Waals surface area contributed by atoms with E-state index in [1.165, 1.54) is 12.1 Å². The van der Waals surface area contributed by atoms with Crippen molar-refractivity contribution in [2.75, 3.05) is 13.2 Å². The zero-order valence-corrected chi connectivity index (χ0v) is 15.7. The van der Waals surface area contributed by atoms with Crippen molar-refractivity contribution < 1.29 is 18.3 Å². The fourth-order valence-electron chi connectivity index (χ4n) is 4.19. The van der Waals surface area contributed by atoms with Crippen molar-refractivity contribution in [3.05, 3.63) is 107 Å². The Bertz CT molecular complexity index is 906. The summed E-state index contributed by atoms with van der Waals surface area (Å²) in [7, 11) is 0. The van der Waals surface area contributed by atoms with Gasteiger partial charge < -0.3 is 4.74 Å². The van der Waals surface area contributed by atoms with E-state index in [0.29, 0.717) is 13.2 Å². The summed E-state index contributed by atoms with van der Waals surface area (Å²) < 4.78 is 32.0. The minimum absolute atomic E-state index is 0.0339. The van der Waals surface area contributed by atoms with E-state index in [0.717, 1.165) is 23.0 Å². The number of carbonyl (C=O) groups is 1. The van der Waals surface area contributed by atoms with Crippen LogP contribution in [0.5, 0.6) is 0 Å². The average molecular weight is 393 g/mol. The number of alkyl halides is 2. The SMILES string of the molecule is O=CC1OCCN1C(c1ccccc1)(c1ccccc1)c1ccc(C(F)F)cc1. The fourth-order valence-corrected chi connectivity index (χ4v) is 4.19. The maximum absolute atomic E-state index is 13.2. The predicted molar refractivity (Wildman–Crippen MR) is 107 cm³/mol. The van der Waals surface area contributed by atoms with Gasteiger partial charge in [0.15, 0.2) is 12.5 Å². The third-order valence-electron chi connectivity index (χ3n) is 5.44. The average Bonchev–Trinajstić information content (AvgIpc) is 3.25. The van der Waals surface area contributed by atoms with Gasteiger partial charge in [-0.3, -0.25) is 9.69 Å². The summed E-state index contributed by atoms with van der Waals surface area (Å²) >= 11 is 0. The highest BCUT2D eigenvalue weighted by atomic mass is 19.3. The number of carbonyl (C=O) groups excluding carboxylic acids is 1. The summed E-state index contributed by atoms with van der Waals surface area (Å²) in [5.41, 5.74) is 1.79. The Balaban J connectivity index is 2.02.